The molecule has 4 nitrogen and oxygen atoms in total. The predicted molar refractivity (Wildman–Crippen MR) is 151 cm³/mol. The maximum atomic E-state index is 10.8. The average Bonchev–Trinajstić information content (AvgIpc) is 2.93. The van der Waals surface area contributed by atoms with Crippen LogP contribution < -0.4 is 0 Å². The SMILES string of the molecule is CCCCC(CC)COC1CC(c2cc3ccccc3c3ccccc23)=NC(C2C=CCCC2O)=N1. The van der Waals surface area contributed by atoms with Gasteiger partial charge < -0.3 is 9.84 Å². The summed E-state index contributed by atoms with van der Waals surface area (Å²) in [6.45, 7) is 5.20. The second-order valence-electron chi connectivity index (χ2n) is 10.2. The largest absolute Gasteiger partial charge is 0.392 e. The topological polar surface area (TPSA) is 54.2 Å². The number of aliphatic hydroxyl groups excluding tert-OH is 1. The van der Waals surface area contributed by atoms with E-state index in [2.05, 4.69) is 80.6 Å². The van der Waals surface area contributed by atoms with Crippen LogP contribution in [0.4, 0.5) is 0 Å². The summed E-state index contributed by atoms with van der Waals surface area (Å²) in [5.41, 5.74) is 2.14. The summed E-state index contributed by atoms with van der Waals surface area (Å²) in [6.07, 6.45) is 10.5. The highest BCUT2D eigenvalue weighted by atomic mass is 16.5. The summed E-state index contributed by atoms with van der Waals surface area (Å²) in [5.74, 6) is 1.06. The Morgan fingerprint density at radius 3 is 2.58 bits per heavy atom. The molecule has 0 spiro atoms. The highest BCUT2D eigenvalue weighted by Crippen LogP contribution is 2.32. The molecule has 3 aromatic carbocycles. The molecule has 0 radical (unpaired) electrons. The van der Waals surface area contributed by atoms with E-state index in [0.29, 0.717) is 24.8 Å². The van der Waals surface area contributed by atoms with E-state index in [0.717, 1.165) is 30.5 Å². The molecule has 4 atom stereocenters. The van der Waals surface area contributed by atoms with Gasteiger partial charge in [-0.05, 0) is 52.8 Å². The number of allylic oxidation sites excluding steroid dienone is 1. The molecule has 1 heterocycles. The van der Waals surface area contributed by atoms with Gasteiger partial charge in [-0.25, -0.2) is 9.98 Å². The monoisotopic (exact) mass is 482 g/mol. The summed E-state index contributed by atoms with van der Waals surface area (Å²) < 4.78 is 6.47. The van der Waals surface area contributed by atoms with E-state index < -0.39 is 6.10 Å². The number of aliphatic hydroxyl groups is 1. The van der Waals surface area contributed by atoms with Crippen molar-refractivity contribution in [1.29, 1.82) is 0 Å². The molecule has 2 aliphatic rings. The van der Waals surface area contributed by atoms with Crippen molar-refractivity contribution in [2.75, 3.05) is 6.61 Å². The Balaban J connectivity index is 1.54. The fourth-order valence-electron chi connectivity index (χ4n) is 5.51. The molecule has 1 aliphatic heterocycles. The predicted octanol–water partition coefficient (Wildman–Crippen LogP) is 7.47. The quantitative estimate of drug-likeness (QED) is 0.254. The first-order chi connectivity index (χ1) is 17.7. The number of benzene rings is 3. The van der Waals surface area contributed by atoms with Gasteiger partial charge in [-0.1, -0.05) is 93.8 Å². The van der Waals surface area contributed by atoms with Gasteiger partial charge in [0.2, 0.25) is 0 Å². The highest BCUT2D eigenvalue weighted by molar-refractivity contribution is 6.21. The van der Waals surface area contributed by atoms with Crippen LogP contribution in [0.1, 0.15) is 64.4 Å². The number of hydrogen-bond donors (Lipinski definition) is 1. The molecule has 0 saturated carbocycles. The van der Waals surface area contributed by atoms with Crippen molar-refractivity contribution < 1.29 is 9.84 Å². The first kappa shape index (κ1) is 24.9. The van der Waals surface area contributed by atoms with Crippen LogP contribution in [0.5, 0.6) is 0 Å². The standard InChI is InChI=1S/C32H38N2O2/c1-3-5-12-22(4-2)21-36-31-20-29(33-32(34-31)27-17-10-11-18-30(27)35)28-19-23-13-6-7-14-24(23)25-15-8-9-16-26(25)28/h6-10,13-17,19,22,27,30-31,35H,3-5,11-12,18,20-21H2,1-2H3. The van der Waals surface area contributed by atoms with E-state index >= 15 is 0 Å². The summed E-state index contributed by atoms with van der Waals surface area (Å²) in [4.78, 5) is 10.1. The molecule has 0 saturated heterocycles. The Morgan fingerprint density at radius 1 is 1.03 bits per heavy atom. The first-order valence-electron chi connectivity index (χ1n) is 13.7. The Kier molecular flexibility index (Phi) is 7.93. The lowest BCUT2D eigenvalue weighted by atomic mass is 9.90. The van der Waals surface area contributed by atoms with E-state index in [9.17, 15) is 5.11 Å². The summed E-state index contributed by atoms with van der Waals surface area (Å²) >= 11 is 0. The van der Waals surface area contributed by atoms with Gasteiger partial charge in [0.1, 0.15) is 5.84 Å². The molecule has 36 heavy (non-hydrogen) atoms. The third kappa shape index (κ3) is 5.30. The van der Waals surface area contributed by atoms with Gasteiger partial charge >= 0.3 is 0 Å². The molecule has 0 bridgehead atoms. The number of fused-ring (bicyclic) bond motifs is 3. The van der Waals surface area contributed by atoms with Crippen molar-refractivity contribution in [3.8, 4) is 0 Å². The number of ether oxygens (including phenoxy) is 1. The maximum Gasteiger partial charge on any atom is 0.155 e. The maximum absolute atomic E-state index is 10.8. The smallest absolute Gasteiger partial charge is 0.155 e. The highest BCUT2D eigenvalue weighted by Gasteiger charge is 2.30. The Labute approximate surface area is 214 Å². The minimum atomic E-state index is -0.459. The summed E-state index contributed by atoms with van der Waals surface area (Å²) in [7, 11) is 0. The normalized spacial score (nSPS) is 23.0. The Bertz CT molecular complexity index is 1290. The molecule has 1 aliphatic carbocycles. The lowest BCUT2D eigenvalue weighted by Gasteiger charge is -2.29. The third-order valence-electron chi connectivity index (χ3n) is 7.73. The number of unbranched alkanes of at least 4 members (excludes halogenated alkanes) is 1. The molecule has 4 heteroatoms. The van der Waals surface area contributed by atoms with Crippen LogP contribution in [0, 0.1) is 11.8 Å². The van der Waals surface area contributed by atoms with Gasteiger partial charge in [0.25, 0.3) is 0 Å². The molecule has 3 aromatic rings. The molecule has 188 valence electrons. The minimum Gasteiger partial charge on any atom is -0.392 e. The number of amidine groups is 1. The van der Waals surface area contributed by atoms with Crippen LogP contribution in [0.2, 0.25) is 0 Å². The summed E-state index contributed by atoms with van der Waals surface area (Å²) in [6, 6.07) is 19.4. The zero-order valence-electron chi connectivity index (χ0n) is 21.6. The van der Waals surface area contributed by atoms with Gasteiger partial charge in [-0.15, -0.1) is 0 Å². The lowest BCUT2D eigenvalue weighted by molar-refractivity contribution is 0.0339. The zero-order valence-corrected chi connectivity index (χ0v) is 21.6. The fourth-order valence-corrected chi connectivity index (χ4v) is 5.51. The number of nitrogens with zero attached hydrogens (tertiary/aromatic N) is 2. The van der Waals surface area contributed by atoms with Gasteiger partial charge in [0, 0.05) is 12.0 Å². The van der Waals surface area contributed by atoms with Crippen molar-refractivity contribution in [2.45, 2.75) is 71.1 Å². The van der Waals surface area contributed by atoms with Crippen LogP contribution in [0.25, 0.3) is 21.5 Å². The van der Waals surface area contributed by atoms with Gasteiger partial charge in [-0.3, -0.25) is 0 Å². The van der Waals surface area contributed by atoms with Crippen molar-refractivity contribution in [1.82, 2.24) is 0 Å². The van der Waals surface area contributed by atoms with Crippen LogP contribution in [0.3, 0.4) is 0 Å². The second kappa shape index (κ2) is 11.5. The molecule has 1 N–H and O–H groups in total. The Hall–Kier alpha value is -2.82. The lowest BCUT2D eigenvalue weighted by Crippen LogP contribution is -2.33. The van der Waals surface area contributed by atoms with Crippen molar-refractivity contribution in [2.24, 2.45) is 21.8 Å². The second-order valence-corrected chi connectivity index (χ2v) is 10.2. The van der Waals surface area contributed by atoms with Crippen molar-refractivity contribution in [3.05, 3.63) is 72.3 Å². The molecule has 4 unspecified atom stereocenters. The zero-order chi connectivity index (χ0) is 24.9. The Morgan fingerprint density at radius 2 is 1.81 bits per heavy atom. The van der Waals surface area contributed by atoms with Crippen LogP contribution >= 0.6 is 0 Å². The van der Waals surface area contributed by atoms with E-state index in [1.165, 1.54) is 40.8 Å². The minimum absolute atomic E-state index is 0.186. The number of hydrogen-bond acceptors (Lipinski definition) is 4. The molecule has 5 rings (SSSR count). The van der Waals surface area contributed by atoms with E-state index in [-0.39, 0.29) is 12.1 Å². The van der Waals surface area contributed by atoms with Crippen LogP contribution in [0.15, 0.2) is 76.7 Å². The van der Waals surface area contributed by atoms with Gasteiger partial charge in [0.05, 0.1) is 24.3 Å². The average molecular weight is 483 g/mol. The first-order valence-corrected chi connectivity index (χ1v) is 13.7. The molecule has 0 fully saturated rings. The van der Waals surface area contributed by atoms with E-state index in [4.69, 9.17) is 14.7 Å². The number of rotatable bonds is 9. The fraction of sp³-hybridized carbons (Fsp3) is 0.438. The molecule has 0 amide bonds. The van der Waals surface area contributed by atoms with Gasteiger partial charge in [-0.2, -0.15) is 0 Å². The molecular weight excluding hydrogens is 444 g/mol. The van der Waals surface area contributed by atoms with Gasteiger partial charge in [0.15, 0.2) is 6.23 Å². The summed E-state index contributed by atoms with van der Waals surface area (Å²) in [5, 5.41) is 15.7. The molecule has 0 aromatic heterocycles. The van der Waals surface area contributed by atoms with Crippen LogP contribution in [-0.4, -0.2) is 35.6 Å². The van der Waals surface area contributed by atoms with Crippen molar-refractivity contribution in [3.63, 3.8) is 0 Å². The molecular formula is C32H38N2O2. The van der Waals surface area contributed by atoms with Crippen molar-refractivity contribution >= 4 is 33.1 Å². The van der Waals surface area contributed by atoms with E-state index in [1.807, 2.05) is 0 Å². The van der Waals surface area contributed by atoms with Crippen LogP contribution in [-0.2, 0) is 4.74 Å². The number of aliphatic imine (C=N–C) groups is 2. The van der Waals surface area contributed by atoms with E-state index in [1.54, 1.807) is 0 Å². The third-order valence-corrected chi connectivity index (χ3v) is 7.73.